The van der Waals surface area contributed by atoms with Crippen molar-refractivity contribution in [1.29, 1.82) is 0 Å². The van der Waals surface area contributed by atoms with Gasteiger partial charge in [-0.3, -0.25) is 19.7 Å². The van der Waals surface area contributed by atoms with Gasteiger partial charge in [0.15, 0.2) is 5.69 Å². The van der Waals surface area contributed by atoms with Gasteiger partial charge in [-0.25, -0.2) is 0 Å². The maximum atomic E-state index is 12.8. The fourth-order valence-electron chi connectivity index (χ4n) is 2.97. The summed E-state index contributed by atoms with van der Waals surface area (Å²) in [5, 5.41) is 33.2. The number of nitrogens with zero attached hydrogens (tertiary/aromatic N) is 3. The molecule has 3 N–H and O–H groups in total. The normalized spacial score (nSPS) is 11.7. The average Bonchev–Trinajstić information content (AvgIpc) is 3.43. The molecule has 0 aliphatic carbocycles. The minimum atomic E-state index is -0.869. The number of fused-ring (bicyclic) bond motifs is 1. The second kappa shape index (κ2) is 9.24. The number of non-ortho nitro benzene ring substituents is 1. The van der Waals surface area contributed by atoms with E-state index in [4.69, 9.17) is 0 Å². The molecule has 0 saturated heterocycles. The second-order valence-corrected chi connectivity index (χ2v) is 7.69. The molecule has 0 saturated carbocycles. The number of benzene rings is 2. The highest BCUT2D eigenvalue weighted by molar-refractivity contribution is 7.10. The van der Waals surface area contributed by atoms with Gasteiger partial charge < -0.3 is 15.4 Å². The number of amides is 2. The number of thiophene rings is 1. The van der Waals surface area contributed by atoms with E-state index in [-0.39, 0.29) is 22.5 Å². The molecule has 0 fully saturated rings. The Balaban J connectivity index is 1.66. The molecule has 0 radical (unpaired) electrons. The minimum Gasteiger partial charge on any atom is -0.493 e. The number of carbonyl (C=O) groups is 2. The van der Waals surface area contributed by atoms with E-state index < -0.39 is 22.6 Å². The Morgan fingerprint density at radius 3 is 2.61 bits per heavy atom. The summed E-state index contributed by atoms with van der Waals surface area (Å²) in [6.07, 6.45) is 1.47. The number of hydrogen-bond acceptors (Lipinski definition) is 7. The largest absolute Gasteiger partial charge is 0.493 e. The molecule has 2 amide bonds. The number of H-pyrrole nitrogens is 1. The summed E-state index contributed by atoms with van der Waals surface area (Å²) >= 11 is 1.35. The fraction of sp³-hybridized carbons (Fsp3) is 0. The molecule has 10 nitrogen and oxygen atoms in total. The molecule has 2 aromatic carbocycles. The average molecular weight is 461 g/mol. The quantitative estimate of drug-likeness (QED) is 0.161. The number of nitro groups is 1. The predicted molar refractivity (Wildman–Crippen MR) is 122 cm³/mol. The highest BCUT2D eigenvalue weighted by atomic mass is 32.1. The summed E-state index contributed by atoms with van der Waals surface area (Å²) in [6.45, 7) is 0. The van der Waals surface area contributed by atoms with Crippen LogP contribution in [0.4, 0.5) is 11.4 Å². The Kier molecular flexibility index (Phi) is 6.04. The fourth-order valence-corrected chi connectivity index (χ4v) is 3.62. The highest BCUT2D eigenvalue weighted by Gasteiger charge is 2.18. The van der Waals surface area contributed by atoms with Crippen LogP contribution < -0.4 is 5.32 Å². The van der Waals surface area contributed by atoms with Crippen LogP contribution in [-0.2, 0) is 4.79 Å². The van der Waals surface area contributed by atoms with Crippen LogP contribution in [0.5, 0.6) is 5.88 Å². The maximum absolute atomic E-state index is 12.8. The van der Waals surface area contributed by atoms with Crippen LogP contribution in [0.25, 0.3) is 17.0 Å². The van der Waals surface area contributed by atoms with E-state index in [2.05, 4.69) is 20.5 Å². The van der Waals surface area contributed by atoms with Crippen LogP contribution in [0, 0.1) is 10.1 Å². The summed E-state index contributed by atoms with van der Waals surface area (Å²) in [6, 6.07) is 15.8. The number of aromatic hydroxyl groups is 1. The molecule has 2 aromatic heterocycles. The first-order chi connectivity index (χ1) is 15.9. The molecule has 4 aromatic rings. The molecule has 0 aliphatic rings. The molecular weight excluding hydrogens is 446 g/mol. The first-order valence-electron chi connectivity index (χ1n) is 9.49. The van der Waals surface area contributed by atoms with Gasteiger partial charge in [0.05, 0.1) is 10.4 Å². The van der Waals surface area contributed by atoms with E-state index in [1.165, 1.54) is 35.6 Å². The zero-order valence-electron chi connectivity index (χ0n) is 16.8. The molecule has 0 aliphatic heterocycles. The van der Waals surface area contributed by atoms with Gasteiger partial charge in [-0.15, -0.1) is 21.6 Å². The van der Waals surface area contributed by atoms with Crippen molar-refractivity contribution in [2.75, 3.05) is 0 Å². The Morgan fingerprint density at radius 1 is 1.12 bits per heavy atom. The number of nitro benzene ring substituents is 1. The lowest BCUT2D eigenvalue weighted by Crippen LogP contribution is -2.26. The SMILES string of the molecule is O=C(N=Nc1c(O)[nH]c2ccc([N+](=O)[O-])cc12)C(=Cc1cccs1)NC(=O)c1ccccc1. The molecule has 0 bridgehead atoms. The standard InChI is InChI=1S/C22H15N5O5S/c28-20(13-5-2-1-3-6-13)24-18(12-15-7-4-10-33-15)21(29)26-25-19-16-11-14(27(31)32)8-9-17(16)23-22(19)30/h1-12,23,30H,(H,24,28). The van der Waals surface area contributed by atoms with E-state index >= 15 is 0 Å². The Labute approximate surface area is 190 Å². The molecular formula is C22H15N5O5S. The van der Waals surface area contributed by atoms with Crippen molar-refractivity contribution >= 4 is 51.5 Å². The van der Waals surface area contributed by atoms with Crippen molar-refractivity contribution in [1.82, 2.24) is 10.3 Å². The van der Waals surface area contributed by atoms with E-state index in [9.17, 15) is 24.8 Å². The number of aromatic nitrogens is 1. The molecule has 4 rings (SSSR count). The number of nitrogens with one attached hydrogen (secondary N) is 2. The Hall–Kier alpha value is -4.64. The molecule has 2 heterocycles. The van der Waals surface area contributed by atoms with Gasteiger partial charge in [-0.2, -0.15) is 0 Å². The van der Waals surface area contributed by atoms with Gasteiger partial charge in [0, 0.05) is 28.0 Å². The van der Waals surface area contributed by atoms with Crippen molar-refractivity contribution in [3.8, 4) is 5.88 Å². The summed E-state index contributed by atoms with van der Waals surface area (Å²) in [4.78, 5) is 39.2. The number of aromatic amines is 1. The van der Waals surface area contributed by atoms with Gasteiger partial charge in [0.1, 0.15) is 5.70 Å². The number of azo groups is 1. The van der Waals surface area contributed by atoms with Gasteiger partial charge in [0.25, 0.3) is 11.6 Å². The van der Waals surface area contributed by atoms with Crippen molar-refractivity contribution in [2.24, 2.45) is 10.2 Å². The minimum absolute atomic E-state index is 0.125. The third-order valence-corrected chi connectivity index (χ3v) is 5.35. The lowest BCUT2D eigenvalue weighted by atomic mass is 10.2. The van der Waals surface area contributed by atoms with Crippen LogP contribution in [0.3, 0.4) is 0 Å². The molecule has 33 heavy (non-hydrogen) atoms. The number of rotatable bonds is 6. The Morgan fingerprint density at radius 2 is 1.91 bits per heavy atom. The van der Waals surface area contributed by atoms with Crippen LogP contribution >= 0.6 is 11.3 Å². The molecule has 0 spiro atoms. The second-order valence-electron chi connectivity index (χ2n) is 6.71. The highest BCUT2D eigenvalue weighted by Crippen LogP contribution is 2.37. The summed E-state index contributed by atoms with van der Waals surface area (Å²) < 4.78 is 0. The molecule has 164 valence electrons. The third kappa shape index (κ3) is 4.83. The number of carbonyl (C=O) groups excluding carboxylic acids is 2. The summed E-state index contributed by atoms with van der Waals surface area (Å²) in [5.41, 5.74) is 0.261. The van der Waals surface area contributed by atoms with Crippen LogP contribution in [0.15, 0.2) is 82.0 Å². The smallest absolute Gasteiger partial charge is 0.311 e. The van der Waals surface area contributed by atoms with Crippen molar-refractivity contribution in [3.63, 3.8) is 0 Å². The summed E-state index contributed by atoms with van der Waals surface area (Å²) in [5.74, 6) is -1.78. The van der Waals surface area contributed by atoms with Crippen molar-refractivity contribution in [3.05, 3.63) is 92.3 Å². The van der Waals surface area contributed by atoms with E-state index in [1.807, 2.05) is 5.38 Å². The first-order valence-corrected chi connectivity index (χ1v) is 10.4. The van der Waals surface area contributed by atoms with Crippen LogP contribution in [0.2, 0.25) is 0 Å². The maximum Gasteiger partial charge on any atom is 0.311 e. The molecule has 11 heteroatoms. The van der Waals surface area contributed by atoms with Crippen molar-refractivity contribution in [2.45, 2.75) is 0 Å². The van der Waals surface area contributed by atoms with E-state index in [0.717, 1.165) is 0 Å². The van der Waals surface area contributed by atoms with Gasteiger partial charge >= 0.3 is 5.91 Å². The lowest BCUT2D eigenvalue weighted by Gasteiger charge is -2.06. The lowest BCUT2D eigenvalue weighted by molar-refractivity contribution is -0.384. The molecule has 0 unspecified atom stereocenters. The van der Waals surface area contributed by atoms with Crippen LogP contribution in [-0.4, -0.2) is 26.8 Å². The van der Waals surface area contributed by atoms with E-state index in [1.54, 1.807) is 42.5 Å². The van der Waals surface area contributed by atoms with Crippen molar-refractivity contribution < 1.29 is 19.6 Å². The topological polar surface area (TPSA) is 150 Å². The zero-order valence-corrected chi connectivity index (χ0v) is 17.6. The zero-order chi connectivity index (χ0) is 23.4. The Bertz CT molecular complexity index is 1410. The third-order valence-electron chi connectivity index (χ3n) is 4.53. The van der Waals surface area contributed by atoms with Gasteiger partial charge in [-0.1, -0.05) is 24.3 Å². The molecule has 0 atom stereocenters. The summed E-state index contributed by atoms with van der Waals surface area (Å²) in [7, 11) is 0. The first kappa shape index (κ1) is 21.6. The van der Waals surface area contributed by atoms with Gasteiger partial charge in [-0.05, 0) is 35.7 Å². The monoisotopic (exact) mass is 461 g/mol. The van der Waals surface area contributed by atoms with Crippen LogP contribution in [0.1, 0.15) is 15.2 Å². The predicted octanol–water partition coefficient (Wildman–Crippen LogP) is 4.92. The number of hydrogen-bond donors (Lipinski definition) is 3. The van der Waals surface area contributed by atoms with E-state index in [0.29, 0.717) is 16.0 Å². The van der Waals surface area contributed by atoms with Gasteiger partial charge in [0.2, 0.25) is 5.88 Å².